The van der Waals surface area contributed by atoms with Gasteiger partial charge < -0.3 is 9.67 Å². The molecule has 5 nitrogen and oxygen atoms in total. The van der Waals surface area contributed by atoms with Crippen molar-refractivity contribution in [3.63, 3.8) is 0 Å². The van der Waals surface area contributed by atoms with Crippen molar-refractivity contribution in [2.45, 2.75) is 38.3 Å². The third-order valence-electron chi connectivity index (χ3n) is 3.10. The van der Waals surface area contributed by atoms with E-state index in [9.17, 15) is 4.79 Å². The van der Waals surface area contributed by atoms with Crippen LogP contribution in [0.1, 0.15) is 37.2 Å². The first kappa shape index (κ1) is 11.1. The molecule has 1 aromatic heterocycles. The van der Waals surface area contributed by atoms with E-state index in [0.29, 0.717) is 6.42 Å². The fraction of sp³-hybridized carbons (Fsp3) is 0.636. The molecule has 5 heteroatoms. The molecule has 0 aromatic carbocycles. The van der Waals surface area contributed by atoms with E-state index in [4.69, 9.17) is 5.11 Å². The van der Waals surface area contributed by atoms with E-state index in [2.05, 4.69) is 17.2 Å². The minimum atomic E-state index is -0.784. The van der Waals surface area contributed by atoms with Gasteiger partial charge in [-0.15, -0.1) is 0 Å². The molecule has 88 valence electrons. The van der Waals surface area contributed by atoms with Gasteiger partial charge in [-0.05, 0) is 6.42 Å². The van der Waals surface area contributed by atoms with Gasteiger partial charge >= 0.3 is 5.97 Å². The molecule has 0 bridgehead atoms. The topological polar surface area (TPSA) is 67.2 Å². The smallest absolute Gasteiger partial charge is 0.321 e. The van der Waals surface area contributed by atoms with Crippen molar-refractivity contribution in [3.8, 4) is 0 Å². The molecule has 0 saturated heterocycles. The zero-order valence-corrected chi connectivity index (χ0v) is 9.60. The largest absolute Gasteiger partial charge is 0.480 e. The maximum absolute atomic E-state index is 11.1. The Bertz CT molecular complexity index is 400. The summed E-state index contributed by atoms with van der Waals surface area (Å²) in [5.74, 6) is -0.784. The number of imidazole rings is 1. The molecular weight excluding hydrogens is 206 g/mol. The average molecular weight is 223 g/mol. The van der Waals surface area contributed by atoms with Crippen molar-refractivity contribution in [3.05, 3.63) is 17.7 Å². The standard InChI is InChI=1S/C11H17N3O2/c1-3-4-7-10-9(14(2)6-12-10)5-8(13-7)11(15)16/h6-8,13H,3-5H2,1-2H3,(H,15,16). The van der Waals surface area contributed by atoms with Crippen LogP contribution in [0.4, 0.5) is 0 Å². The molecule has 2 unspecified atom stereocenters. The maximum Gasteiger partial charge on any atom is 0.321 e. The maximum atomic E-state index is 11.1. The number of aryl methyl sites for hydroxylation is 1. The summed E-state index contributed by atoms with van der Waals surface area (Å²) < 4.78 is 1.93. The highest BCUT2D eigenvalue weighted by molar-refractivity contribution is 5.74. The first-order valence-corrected chi connectivity index (χ1v) is 5.62. The molecule has 1 aliphatic heterocycles. The van der Waals surface area contributed by atoms with Gasteiger partial charge in [0.15, 0.2) is 0 Å². The van der Waals surface area contributed by atoms with Gasteiger partial charge in [-0.1, -0.05) is 13.3 Å². The lowest BCUT2D eigenvalue weighted by Crippen LogP contribution is -2.45. The number of rotatable bonds is 3. The van der Waals surface area contributed by atoms with Crippen LogP contribution in [0, 0.1) is 0 Å². The van der Waals surface area contributed by atoms with Gasteiger partial charge in [-0.25, -0.2) is 4.98 Å². The number of aliphatic carboxylic acids is 1. The van der Waals surface area contributed by atoms with Crippen LogP contribution < -0.4 is 5.32 Å². The van der Waals surface area contributed by atoms with Gasteiger partial charge in [0.05, 0.1) is 18.1 Å². The van der Waals surface area contributed by atoms with Gasteiger partial charge in [-0.2, -0.15) is 0 Å². The van der Waals surface area contributed by atoms with Crippen LogP contribution in [0.2, 0.25) is 0 Å². The molecule has 2 heterocycles. The minimum absolute atomic E-state index is 0.0797. The van der Waals surface area contributed by atoms with Gasteiger partial charge in [-0.3, -0.25) is 10.1 Å². The Kier molecular flexibility index (Phi) is 2.96. The number of carboxylic acids is 1. The van der Waals surface area contributed by atoms with E-state index in [1.165, 1.54) is 0 Å². The molecule has 1 aromatic rings. The number of hydrogen-bond donors (Lipinski definition) is 2. The summed E-state index contributed by atoms with van der Waals surface area (Å²) in [5, 5.41) is 12.2. The number of nitrogens with one attached hydrogen (secondary N) is 1. The Hall–Kier alpha value is -1.36. The van der Waals surface area contributed by atoms with E-state index in [1.54, 1.807) is 6.33 Å². The highest BCUT2D eigenvalue weighted by atomic mass is 16.4. The van der Waals surface area contributed by atoms with Crippen LogP contribution in [-0.4, -0.2) is 26.7 Å². The van der Waals surface area contributed by atoms with Crippen molar-refractivity contribution >= 4 is 5.97 Å². The summed E-state index contributed by atoms with van der Waals surface area (Å²) in [6.45, 7) is 2.09. The lowest BCUT2D eigenvalue weighted by molar-refractivity contribution is -0.140. The van der Waals surface area contributed by atoms with E-state index in [1.807, 2.05) is 11.6 Å². The third-order valence-corrected chi connectivity index (χ3v) is 3.10. The van der Waals surface area contributed by atoms with Crippen molar-refractivity contribution in [1.29, 1.82) is 0 Å². The second-order valence-electron chi connectivity index (χ2n) is 4.29. The molecule has 0 amide bonds. The number of hydrogen-bond acceptors (Lipinski definition) is 3. The Morgan fingerprint density at radius 1 is 1.75 bits per heavy atom. The molecule has 2 rings (SSSR count). The molecule has 1 aliphatic rings. The first-order valence-electron chi connectivity index (χ1n) is 5.62. The highest BCUT2D eigenvalue weighted by Gasteiger charge is 2.32. The van der Waals surface area contributed by atoms with Crippen molar-refractivity contribution in [1.82, 2.24) is 14.9 Å². The predicted molar refractivity (Wildman–Crippen MR) is 59.1 cm³/mol. The van der Waals surface area contributed by atoms with Crippen LogP contribution in [0.5, 0.6) is 0 Å². The number of fused-ring (bicyclic) bond motifs is 1. The van der Waals surface area contributed by atoms with Crippen LogP contribution in [0.25, 0.3) is 0 Å². The van der Waals surface area contributed by atoms with Gasteiger partial charge in [0.2, 0.25) is 0 Å². The summed E-state index contributed by atoms with van der Waals surface area (Å²) in [4.78, 5) is 15.4. The van der Waals surface area contributed by atoms with Crippen molar-refractivity contribution in [2.24, 2.45) is 7.05 Å². The van der Waals surface area contributed by atoms with Gasteiger partial charge in [0.1, 0.15) is 6.04 Å². The molecule has 2 atom stereocenters. The summed E-state index contributed by atoms with van der Waals surface area (Å²) in [7, 11) is 1.92. The first-order chi connectivity index (χ1) is 7.63. The molecule has 2 N–H and O–H groups in total. The van der Waals surface area contributed by atoms with Gasteiger partial charge in [0.25, 0.3) is 0 Å². The zero-order valence-electron chi connectivity index (χ0n) is 9.60. The molecule has 0 saturated carbocycles. The highest BCUT2D eigenvalue weighted by Crippen LogP contribution is 2.27. The van der Waals surface area contributed by atoms with Crippen LogP contribution in [-0.2, 0) is 18.3 Å². The molecule has 0 fully saturated rings. The summed E-state index contributed by atoms with van der Waals surface area (Å²) in [5.41, 5.74) is 2.06. The van der Waals surface area contributed by atoms with E-state index in [0.717, 1.165) is 24.2 Å². The molecule has 16 heavy (non-hydrogen) atoms. The van der Waals surface area contributed by atoms with E-state index < -0.39 is 12.0 Å². The number of carbonyl (C=O) groups is 1. The molecule has 0 aliphatic carbocycles. The minimum Gasteiger partial charge on any atom is -0.480 e. The van der Waals surface area contributed by atoms with Crippen LogP contribution in [0.15, 0.2) is 6.33 Å². The lowest BCUT2D eigenvalue weighted by Gasteiger charge is -2.28. The summed E-state index contributed by atoms with van der Waals surface area (Å²) >= 11 is 0. The van der Waals surface area contributed by atoms with E-state index in [-0.39, 0.29) is 6.04 Å². The lowest BCUT2D eigenvalue weighted by atomic mass is 9.96. The number of carboxylic acid groups (broad SMARTS) is 1. The number of nitrogens with zero attached hydrogens (tertiary/aromatic N) is 2. The monoisotopic (exact) mass is 223 g/mol. The fourth-order valence-corrected chi connectivity index (χ4v) is 2.25. The van der Waals surface area contributed by atoms with Gasteiger partial charge in [0, 0.05) is 19.2 Å². The van der Waals surface area contributed by atoms with Crippen molar-refractivity contribution in [2.75, 3.05) is 0 Å². The Morgan fingerprint density at radius 3 is 3.12 bits per heavy atom. The Labute approximate surface area is 94.5 Å². The van der Waals surface area contributed by atoms with Crippen LogP contribution >= 0.6 is 0 Å². The summed E-state index contributed by atoms with van der Waals surface area (Å²) in [6.07, 6.45) is 4.22. The molecular formula is C11H17N3O2. The normalized spacial score (nSPS) is 24.1. The second kappa shape index (κ2) is 4.25. The van der Waals surface area contributed by atoms with E-state index >= 15 is 0 Å². The van der Waals surface area contributed by atoms with Crippen LogP contribution in [0.3, 0.4) is 0 Å². The fourth-order valence-electron chi connectivity index (χ4n) is 2.25. The molecule has 0 radical (unpaired) electrons. The zero-order chi connectivity index (χ0) is 11.7. The number of aromatic nitrogens is 2. The third kappa shape index (κ3) is 1.82. The average Bonchev–Trinajstić information content (AvgIpc) is 2.61. The Morgan fingerprint density at radius 2 is 2.50 bits per heavy atom. The summed E-state index contributed by atoms with van der Waals surface area (Å²) in [6, 6.07) is -0.407. The second-order valence-corrected chi connectivity index (χ2v) is 4.29. The quantitative estimate of drug-likeness (QED) is 0.797. The van der Waals surface area contributed by atoms with Crippen molar-refractivity contribution < 1.29 is 9.90 Å². The SMILES string of the molecule is CCCC1NC(C(=O)O)Cc2c1ncn2C. The Balaban J connectivity index is 2.31. The predicted octanol–water partition coefficient (Wildman–Crippen LogP) is 0.860. The molecule has 0 spiro atoms.